The molecule has 0 saturated heterocycles. The van der Waals surface area contributed by atoms with E-state index in [1.165, 1.54) is 5.57 Å². The van der Waals surface area contributed by atoms with Gasteiger partial charge in [-0.3, -0.25) is 0 Å². The number of hydrogen-bond donors (Lipinski definition) is 2. The van der Waals surface area contributed by atoms with Crippen LogP contribution in [0.4, 0.5) is 0 Å². The second-order valence-corrected chi connectivity index (χ2v) is 6.88. The summed E-state index contributed by atoms with van der Waals surface area (Å²) in [5, 5.41) is 20.5. The van der Waals surface area contributed by atoms with Gasteiger partial charge in [0.1, 0.15) is 0 Å². The lowest BCUT2D eigenvalue weighted by molar-refractivity contribution is -0.0797. The molecule has 2 nitrogen and oxygen atoms in total. The maximum atomic E-state index is 10.3. The van der Waals surface area contributed by atoms with Crippen molar-refractivity contribution in [3.8, 4) is 0 Å². The Morgan fingerprint density at radius 2 is 2.06 bits per heavy atom. The van der Waals surface area contributed by atoms with E-state index >= 15 is 0 Å². The Bertz CT molecular complexity index is 326. The first-order valence-corrected chi connectivity index (χ1v) is 6.82. The second-order valence-electron chi connectivity index (χ2n) is 6.88. The maximum Gasteiger partial charge on any atom is 0.0633 e. The molecule has 0 aromatic carbocycles. The Morgan fingerprint density at radius 1 is 1.41 bits per heavy atom. The molecule has 0 aliphatic heterocycles. The molecule has 2 heteroatoms. The third-order valence-corrected chi connectivity index (χ3v) is 5.32. The molecule has 2 aliphatic rings. The van der Waals surface area contributed by atoms with Crippen LogP contribution >= 0.6 is 0 Å². The highest BCUT2D eigenvalue weighted by molar-refractivity contribution is 5.18. The number of allylic oxidation sites excluding steroid dienone is 1. The lowest BCUT2D eigenvalue weighted by Gasteiger charge is -2.52. The molecule has 1 saturated carbocycles. The smallest absolute Gasteiger partial charge is 0.0633 e. The van der Waals surface area contributed by atoms with Gasteiger partial charge in [0.25, 0.3) is 0 Å². The molecule has 17 heavy (non-hydrogen) atoms. The molecule has 4 atom stereocenters. The third-order valence-electron chi connectivity index (χ3n) is 5.32. The summed E-state index contributed by atoms with van der Waals surface area (Å²) in [5.41, 5.74) is 0.844. The first kappa shape index (κ1) is 13.1. The Kier molecular flexibility index (Phi) is 3.16. The van der Waals surface area contributed by atoms with Gasteiger partial charge >= 0.3 is 0 Å². The van der Waals surface area contributed by atoms with Crippen molar-refractivity contribution >= 4 is 0 Å². The van der Waals surface area contributed by atoms with Crippen LogP contribution in [0.5, 0.6) is 0 Å². The highest BCUT2D eigenvalue weighted by Crippen LogP contribution is 2.53. The van der Waals surface area contributed by atoms with Gasteiger partial charge in [0.15, 0.2) is 0 Å². The van der Waals surface area contributed by atoms with E-state index < -0.39 is 5.60 Å². The van der Waals surface area contributed by atoms with Gasteiger partial charge in [0.05, 0.1) is 11.7 Å². The fourth-order valence-corrected chi connectivity index (χ4v) is 3.79. The molecular formula is C15H26O2. The van der Waals surface area contributed by atoms with Crippen LogP contribution in [0.1, 0.15) is 53.4 Å². The highest BCUT2D eigenvalue weighted by Gasteiger charge is 2.49. The van der Waals surface area contributed by atoms with Gasteiger partial charge < -0.3 is 10.2 Å². The van der Waals surface area contributed by atoms with Crippen LogP contribution < -0.4 is 0 Å². The molecular weight excluding hydrogens is 212 g/mol. The predicted octanol–water partition coefficient (Wildman–Crippen LogP) is 2.89. The second kappa shape index (κ2) is 4.10. The summed E-state index contributed by atoms with van der Waals surface area (Å²) in [6.45, 7) is 8.23. The summed E-state index contributed by atoms with van der Waals surface area (Å²) in [5.74, 6) is 0.797. The van der Waals surface area contributed by atoms with Gasteiger partial charge in [-0.25, -0.2) is 0 Å². The summed E-state index contributed by atoms with van der Waals surface area (Å²) in [4.78, 5) is 0. The molecule has 0 heterocycles. The van der Waals surface area contributed by atoms with E-state index in [9.17, 15) is 10.2 Å². The molecule has 1 fully saturated rings. The van der Waals surface area contributed by atoms with Crippen molar-refractivity contribution in [3.05, 3.63) is 11.6 Å². The summed E-state index contributed by atoms with van der Waals surface area (Å²) in [7, 11) is 0. The van der Waals surface area contributed by atoms with Gasteiger partial charge in [-0.2, -0.15) is 0 Å². The Balaban J connectivity index is 2.24. The van der Waals surface area contributed by atoms with Gasteiger partial charge in [-0.15, -0.1) is 0 Å². The van der Waals surface area contributed by atoms with Crippen LogP contribution in [0.15, 0.2) is 11.6 Å². The Hall–Kier alpha value is -0.340. The van der Waals surface area contributed by atoms with Crippen LogP contribution in [-0.4, -0.2) is 21.9 Å². The summed E-state index contributed by atoms with van der Waals surface area (Å²) in [6.07, 6.45) is 5.84. The van der Waals surface area contributed by atoms with E-state index in [2.05, 4.69) is 19.9 Å². The average molecular weight is 238 g/mol. The largest absolute Gasteiger partial charge is 0.392 e. The van der Waals surface area contributed by atoms with Crippen molar-refractivity contribution in [3.63, 3.8) is 0 Å². The number of aliphatic hydroxyl groups excluding tert-OH is 1. The van der Waals surface area contributed by atoms with E-state index in [1.54, 1.807) is 0 Å². The minimum absolute atomic E-state index is 0.0284. The number of aliphatic hydroxyl groups is 2. The van der Waals surface area contributed by atoms with Gasteiger partial charge in [-0.05, 0) is 58.3 Å². The lowest BCUT2D eigenvalue weighted by Crippen LogP contribution is -2.49. The standard InChI is InChI=1S/C15H26O2/c1-10-5-6-13(16)15(4)8-7-11(9-12(10)15)14(2,3)17/h5,11-13,16-17H,6-9H2,1-4H3/t11-,12+,13-,15-/m0/s1. The molecule has 0 aromatic rings. The van der Waals surface area contributed by atoms with Gasteiger partial charge in [-0.1, -0.05) is 18.6 Å². The summed E-state index contributed by atoms with van der Waals surface area (Å²) in [6, 6.07) is 0. The van der Waals surface area contributed by atoms with Crippen molar-refractivity contribution in [2.45, 2.75) is 65.1 Å². The fraction of sp³-hybridized carbons (Fsp3) is 0.867. The normalized spacial score (nSPS) is 42.9. The predicted molar refractivity (Wildman–Crippen MR) is 69.6 cm³/mol. The van der Waals surface area contributed by atoms with Gasteiger partial charge in [0, 0.05) is 5.41 Å². The number of hydrogen-bond acceptors (Lipinski definition) is 2. The lowest BCUT2D eigenvalue weighted by atomic mass is 9.55. The van der Waals surface area contributed by atoms with E-state index in [0.717, 1.165) is 25.7 Å². The van der Waals surface area contributed by atoms with Crippen LogP contribution in [0.25, 0.3) is 0 Å². The first-order valence-electron chi connectivity index (χ1n) is 6.82. The van der Waals surface area contributed by atoms with Crippen LogP contribution in [-0.2, 0) is 0 Å². The SMILES string of the molecule is CC1=CC[C@H](O)[C@@]2(C)CC[C@H](C(C)(C)O)C[C@H]12. The third kappa shape index (κ3) is 2.17. The molecule has 98 valence electrons. The molecule has 2 aliphatic carbocycles. The van der Waals surface area contributed by atoms with Crippen LogP contribution in [0.3, 0.4) is 0 Å². The maximum absolute atomic E-state index is 10.3. The first-order chi connectivity index (χ1) is 7.75. The minimum Gasteiger partial charge on any atom is -0.392 e. The van der Waals surface area contributed by atoms with E-state index in [-0.39, 0.29) is 11.5 Å². The van der Waals surface area contributed by atoms with Crippen molar-refractivity contribution in [1.82, 2.24) is 0 Å². The fourth-order valence-electron chi connectivity index (χ4n) is 3.79. The van der Waals surface area contributed by atoms with Gasteiger partial charge in [0.2, 0.25) is 0 Å². The number of rotatable bonds is 1. The minimum atomic E-state index is -0.593. The van der Waals surface area contributed by atoms with E-state index in [4.69, 9.17) is 0 Å². The monoisotopic (exact) mass is 238 g/mol. The molecule has 0 unspecified atom stereocenters. The quantitative estimate of drug-likeness (QED) is 0.690. The summed E-state index contributed by atoms with van der Waals surface area (Å²) < 4.78 is 0. The molecule has 0 radical (unpaired) electrons. The average Bonchev–Trinajstić information content (AvgIpc) is 2.22. The zero-order chi connectivity index (χ0) is 12.8. The van der Waals surface area contributed by atoms with Crippen molar-refractivity contribution in [2.24, 2.45) is 17.3 Å². The van der Waals surface area contributed by atoms with Crippen molar-refractivity contribution < 1.29 is 10.2 Å². The van der Waals surface area contributed by atoms with E-state index in [0.29, 0.717) is 11.8 Å². The number of fused-ring (bicyclic) bond motifs is 1. The Labute approximate surface area is 105 Å². The molecule has 0 aromatic heterocycles. The molecule has 2 N–H and O–H groups in total. The van der Waals surface area contributed by atoms with Crippen LogP contribution in [0, 0.1) is 17.3 Å². The zero-order valence-corrected chi connectivity index (χ0v) is 11.5. The zero-order valence-electron chi connectivity index (χ0n) is 11.5. The van der Waals surface area contributed by atoms with Crippen molar-refractivity contribution in [2.75, 3.05) is 0 Å². The highest BCUT2D eigenvalue weighted by atomic mass is 16.3. The molecule has 0 spiro atoms. The molecule has 0 bridgehead atoms. The van der Waals surface area contributed by atoms with Crippen molar-refractivity contribution in [1.29, 1.82) is 0 Å². The topological polar surface area (TPSA) is 40.5 Å². The van der Waals surface area contributed by atoms with Crippen LogP contribution in [0.2, 0.25) is 0 Å². The summed E-state index contributed by atoms with van der Waals surface area (Å²) >= 11 is 0. The Morgan fingerprint density at radius 3 is 2.65 bits per heavy atom. The van der Waals surface area contributed by atoms with E-state index in [1.807, 2.05) is 13.8 Å². The molecule has 0 amide bonds. The molecule has 2 rings (SSSR count).